The molecule has 3 rings (SSSR count). The zero-order chi connectivity index (χ0) is 23.6. The van der Waals surface area contributed by atoms with Gasteiger partial charge >= 0.3 is 0 Å². The highest BCUT2D eigenvalue weighted by Gasteiger charge is 2.13. The number of hydrogen-bond donors (Lipinski definition) is 2. The maximum Gasteiger partial charge on any atom is 0.259 e. The molecule has 0 saturated carbocycles. The zero-order valence-corrected chi connectivity index (χ0v) is 22.3. The molecule has 0 heterocycles. The van der Waals surface area contributed by atoms with E-state index >= 15 is 0 Å². The van der Waals surface area contributed by atoms with Crippen LogP contribution in [0.3, 0.4) is 0 Å². The molecule has 6 nitrogen and oxygen atoms in total. The molecule has 33 heavy (non-hydrogen) atoms. The smallest absolute Gasteiger partial charge is 0.259 e. The minimum absolute atomic E-state index is 0.107. The minimum atomic E-state index is -0.256. The fraction of sp³-hybridized carbons (Fsp3) is 0.167. The lowest BCUT2D eigenvalue weighted by molar-refractivity contribution is -0.119. The second-order valence-corrected chi connectivity index (χ2v) is 9.28. The van der Waals surface area contributed by atoms with Crippen LogP contribution in [0.2, 0.25) is 5.02 Å². The molecule has 172 valence electrons. The van der Waals surface area contributed by atoms with Crippen LogP contribution in [-0.2, 0) is 11.4 Å². The molecule has 0 unspecified atom stereocenters. The average Bonchev–Trinajstić information content (AvgIpc) is 2.79. The summed E-state index contributed by atoms with van der Waals surface area (Å²) in [5.41, 5.74) is 5.03. The molecule has 0 aliphatic rings. The molecule has 2 N–H and O–H groups in total. The zero-order valence-electron chi connectivity index (χ0n) is 17.8. The summed E-state index contributed by atoms with van der Waals surface area (Å²) in [7, 11) is 0. The number of carbonyl (C=O) groups excluding carboxylic acids is 1. The predicted octanol–water partition coefficient (Wildman–Crippen LogP) is 6.25. The number of hydrogen-bond acceptors (Lipinski definition) is 5. The SMILES string of the molecule is CCOc1cc(/C=N\NC(=O)CNc2ccc(Br)cc2)cc(I)c1OCc1ccccc1Cl. The first-order chi connectivity index (χ1) is 16.0. The van der Waals surface area contributed by atoms with Crippen molar-refractivity contribution in [3.63, 3.8) is 0 Å². The highest BCUT2D eigenvalue weighted by atomic mass is 127. The van der Waals surface area contributed by atoms with E-state index in [1.54, 1.807) is 6.21 Å². The molecule has 0 saturated heterocycles. The molecular weight excluding hydrogens is 621 g/mol. The van der Waals surface area contributed by atoms with Crippen molar-refractivity contribution in [1.29, 1.82) is 0 Å². The molecule has 0 atom stereocenters. The molecule has 9 heteroatoms. The molecule has 0 fully saturated rings. The van der Waals surface area contributed by atoms with Gasteiger partial charge in [0.05, 0.1) is 22.9 Å². The Morgan fingerprint density at radius 3 is 2.64 bits per heavy atom. The number of nitrogens with one attached hydrogen (secondary N) is 2. The summed E-state index contributed by atoms with van der Waals surface area (Å²) in [6.07, 6.45) is 1.57. The third-order valence-corrected chi connectivity index (χ3v) is 6.06. The summed E-state index contributed by atoms with van der Waals surface area (Å²) < 4.78 is 13.6. The van der Waals surface area contributed by atoms with E-state index in [4.69, 9.17) is 21.1 Å². The van der Waals surface area contributed by atoms with Gasteiger partial charge in [0.25, 0.3) is 5.91 Å². The Kier molecular flexibility index (Phi) is 9.83. The molecule has 0 spiro atoms. The molecule has 0 aliphatic heterocycles. The molecular formula is C24H22BrClIN3O3. The average molecular weight is 643 g/mol. The van der Waals surface area contributed by atoms with Gasteiger partial charge in [-0.3, -0.25) is 4.79 Å². The van der Waals surface area contributed by atoms with Gasteiger partial charge in [0.1, 0.15) is 6.61 Å². The molecule has 3 aromatic rings. The number of carbonyl (C=O) groups is 1. The van der Waals surface area contributed by atoms with Gasteiger partial charge < -0.3 is 14.8 Å². The Morgan fingerprint density at radius 1 is 1.15 bits per heavy atom. The first-order valence-electron chi connectivity index (χ1n) is 10.1. The topological polar surface area (TPSA) is 72.0 Å². The quantitative estimate of drug-likeness (QED) is 0.156. The van der Waals surface area contributed by atoms with Crippen LogP contribution in [0.4, 0.5) is 5.69 Å². The first kappa shape index (κ1) is 25.3. The third kappa shape index (κ3) is 7.90. The Labute approximate surface area is 220 Å². The minimum Gasteiger partial charge on any atom is -0.490 e. The monoisotopic (exact) mass is 641 g/mol. The van der Waals surface area contributed by atoms with Gasteiger partial charge in [-0.15, -0.1) is 0 Å². The fourth-order valence-corrected chi connectivity index (χ4v) is 4.03. The van der Waals surface area contributed by atoms with Crippen LogP contribution in [0.25, 0.3) is 0 Å². The summed E-state index contributed by atoms with van der Waals surface area (Å²) in [5, 5.41) is 7.75. The van der Waals surface area contributed by atoms with E-state index in [1.165, 1.54) is 0 Å². The van der Waals surface area contributed by atoms with E-state index in [2.05, 4.69) is 54.4 Å². The van der Waals surface area contributed by atoms with Gasteiger partial charge in [-0.1, -0.05) is 45.7 Å². The Hall–Kier alpha value is -2.30. The van der Waals surface area contributed by atoms with Gasteiger partial charge in [-0.2, -0.15) is 5.10 Å². The molecule has 0 aromatic heterocycles. The van der Waals surface area contributed by atoms with Crippen LogP contribution in [-0.4, -0.2) is 25.3 Å². The number of halogens is 3. The highest BCUT2D eigenvalue weighted by Crippen LogP contribution is 2.35. The van der Waals surface area contributed by atoms with E-state index in [9.17, 15) is 4.79 Å². The fourth-order valence-electron chi connectivity index (χ4n) is 2.80. The molecule has 0 aliphatic carbocycles. The maximum atomic E-state index is 12.1. The summed E-state index contributed by atoms with van der Waals surface area (Å²) in [5.74, 6) is 0.979. The standard InChI is InChI=1S/C24H22BrClIN3O3/c1-2-32-22-12-16(11-21(27)24(22)33-15-17-5-3-4-6-20(17)26)13-29-30-23(31)14-28-19-9-7-18(25)8-10-19/h3-13,28H,2,14-15H2,1H3,(H,30,31)/b29-13-. The lowest BCUT2D eigenvalue weighted by Gasteiger charge is -2.15. The van der Waals surface area contributed by atoms with Crippen molar-refractivity contribution in [3.05, 3.63) is 84.9 Å². The van der Waals surface area contributed by atoms with Crippen LogP contribution in [0, 0.1) is 3.57 Å². The van der Waals surface area contributed by atoms with E-state index < -0.39 is 0 Å². The summed E-state index contributed by atoms with van der Waals surface area (Å²) in [6.45, 7) is 2.82. The molecule has 0 radical (unpaired) electrons. The van der Waals surface area contributed by atoms with Crippen molar-refractivity contribution < 1.29 is 14.3 Å². The number of rotatable bonds is 10. The highest BCUT2D eigenvalue weighted by molar-refractivity contribution is 14.1. The molecule has 3 aromatic carbocycles. The van der Waals surface area contributed by atoms with Crippen LogP contribution in [0.15, 0.2) is 70.2 Å². The van der Waals surface area contributed by atoms with Gasteiger partial charge in [0, 0.05) is 20.7 Å². The summed E-state index contributed by atoms with van der Waals surface area (Å²) in [6, 6.07) is 18.8. The third-order valence-electron chi connectivity index (χ3n) is 4.36. The molecule has 0 bridgehead atoms. The van der Waals surface area contributed by atoms with Crippen LogP contribution < -0.4 is 20.2 Å². The largest absolute Gasteiger partial charge is 0.490 e. The van der Waals surface area contributed by atoms with Crippen LogP contribution >= 0.6 is 50.1 Å². The Morgan fingerprint density at radius 2 is 1.91 bits per heavy atom. The molecule has 1 amide bonds. The second kappa shape index (κ2) is 12.8. The van der Waals surface area contributed by atoms with E-state index in [0.29, 0.717) is 29.7 Å². The van der Waals surface area contributed by atoms with E-state index in [0.717, 1.165) is 24.9 Å². The Bertz CT molecular complexity index is 1130. The number of ether oxygens (including phenoxy) is 2. The second-order valence-electron chi connectivity index (χ2n) is 6.80. The van der Waals surface area contributed by atoms with Crippen LogP contribution in [0.1, 0.15) is 18.1 Å². The number of hydrazone groups is 1. The van der Waals surface area contributed by atoms with Crippen molar-refractivity contribution in [2.24, 2.45) is 5.10 Å². The van der Waals surface area contributed by atoms with Gasteiger partial charge in [0.15, 0.2) is 11.5 Å². The van der Waals surface area contributed by atoms with Crippen molar-refractivity contribution >= 4 is 67.9 Å². The first-order valence-corrected chi connectivity index (χ1v) is 12.3. The van der Waals surface area contributed by atoms with Gasteiger partial charge in [0.2, 0.25) is 0 Å². The lowest BCUT2D eigenvalue weighted by atomic mass is 10.2. The van der Waals surface area contributed by atoms with E-state index in [1.807, 2.05) is 67.6 Å². The van der Waals surface area contributed by atoms with Gasteiger partial charge in [-0.05, 0) is 77.5 Å². The Balaban J connectivity index is 1.61. The number of anilines is 1. The lowest BCUT2D eigenvalue weighted by Crippen LogP contribution is -2.25. The van der Waals surface area contributed by atoms with Crippen molar-refractivity contribution in [3.8, 4) is 11.5 Å². The van der Waals surface area contributed by atoms with Crippen molar-refractivity contribution in [2.75, 3.05) is 18.5 Å². The van der Waals surface area contributed by atoms with Crippen LogP contribution in [0.5, 0.6) is 11.5 Å². The number of benzene rings is 3. The maximum absolute atomic E-state index is 12.1. The van der Waals surface area contributed by atoms with E-state index in [-0.39, 0.29) is 12.5 Å². The van der Waals surface area contributed by atoms with Gasteiger partial charge in [-0.25, -0.2) is 5.43 Å². The summed E-state index contributed by atoms with van der Waals surface area (Å²) >= 11 is 11.8. The number of amides is 1. The van der Waals surface area contributed by atoms with Crippen molar-refractivity contribution in [1.82, 2.24) is 5.43 Å². The number of nitrogens with zero attached hydrogens (tertiary/aromatic N) is 1. The normalized spacial score (nSPS) is 10.8. The van der Waals surface area contributed by atoms with Crippen molar-refractivity contribution in [2.45, 2.75) is 13.5 Å². The summed E-state index contributed by atoms with van der Waals surface area (Å²) in [4.78, 5) is 12.1. The predicted molar refractivity (Wildman–Crippen MR) is 144 cm³/mol.